The number of rotatable bonds is 6. The van der Waals surface area contributed by atoms with E-state index in [1.54, 1.807) is 42.5 Å². The first-order valence-corrected chi connectivity index (χ1v) is 9.87. The summed E-state index contributed by atoms with van der Waals surface area (Å²) in [6, 6.07) is 13.8. The van der Waals surface area contributed by atoms with Gasteiger partial charge in [0.2, 0.25) is 0 Å². The van der Waals surface area contributed by atoms with Gasteiger partial charge in [-0.15, -0.1) is 11.3 Å². The fraction of sp³-hybridized carbons (Fsp3) is 0.100. The van der Waals surface area contributed by atoms with Crippen LogP contribution in [0.1, 0.15) is 20.0 Å². The van der Waals surface area contributed by atoms with Crippen LogP contribution >= 0.6 is 27.3 Å². The second-order valence-electron chi connectivity index (χ2n) is 5.65. The molecule has 8 heteroatoms. The number of hydrogen-bond donors (Lipinski definition) is 2. The van der Waals surface area contributed by atoms with Gasteiger partial charge in [0.1, 0.15) is 11.5 Å². The molecular formula is C20H17BrN2O4S. The lowest BCUT2D eigenvalue weighted by Gasteiger charge is -2.13. The zero-order valence-corrected chi connectivity index (χ0v) is 17.5. The molecule has 2 N–H and O–H groups in total. The molecule has 0 spiro atoms. The van der Waals surface area contributed by atoms with E-state index in [-0.39, 0.29) is 11.8 Å². The highest BCUT2D eigenvalue weighted by atomic mass is 79.9. The highest BCUT2D eigenvalue weighted by Gasteiger charge is 2.15. The van der Waals surface area contributed by atoms with Crippen LogP contribution in [0, 0.1) is 0 Å². The van der Waals surface area contributed by atoms with Crippen LogP contribution < -0.4 is 20.1 Å². The maximum absolute atomic E-state index is 12.6. The summed E-state index contributed by atoms with van der Waals surface area (Å²) < 4.78 is 11.4. The second kappa shape index (κ2) is 8.90. The number of halogens is 1. The molecule has 0 aliphatic carbocycles. The van der Waals surface area contributed by atoms with Crippen LogP contribution in [0.15, 0.2) is 58.4 Å². The van der Waals surface area contributed by atoms with Gasteiger partial charge >= 0.3 is 0 Å². The van der Waals surface area contributed by atoms with Gasteiger partial charge in [0.25, 0.3) is 11.8 Å². The van der Waals surface area contributed by atoms with Gasteiger partial charge in [-0.2, -0.15) is 0 Å². The van der Waals surface area contributed by atoms with Gasteiger partial charge in [0.15, 0.2) is 0 Å². The van der Waals surface area contributed by atoms with Crippen molar-refractivity contribution in [3.63, 3.8) is 0 Å². The number of amides is 2. The Hall–Kier alpha value is -2.84. The molecule has 0 unspecified atom stereocenters. The van der Waals surface area contributed by atoms with Crippen molar-refractivity contribution in [3.8, 4) is 11.5 Å². The van der Waals surface area contributed by atoms with Gasteiger partial charge in [-0.1, -0.05) is 22.0 Å². The van der Waals surface area contributed by atoms with E-state index in [4.69, 9.17) is 9.47 Å². The molecule has 0 fully saturated rings. The summed E-state index contributed by atoms with van der Waals surface area (Å²) in [4.78, 5) is 25.5. The third kappa shape index (κ3) is 4.52. The van der Waals surface area contributed by atoms with Crippen LogP contribution in [-0.2, 0) is 0 Å². The summed E-state index contributed by atoms with van der Waals surface area (Å²) in [5.41, 5.74) is 1.43. The Labute approximate surface area is 174 Å². The number of carbonyl (C=O) groups is 2. The number of benzene rings is 2. The number of hydrogen-bond acceptors (Lipinski definition) is 5. The predicted octanol–water partition coefficient (Wildman–Crippen LogP) is 5.03. The lowest BCUT2D eigenvalue weighted by molar-refractivity contribution is 0.101. The number of carbonyl (C=O) groups excluding carboxylic acids is 2. The van der Waals surface area contributed by atoms with Crippen molar-refractivity contribution in [2.75, 3.05) is 24.9 Å². The lowest BCUT2D eigenvalue weighted by Crippen LogP contribution is -2.14. The Morgan fingerprint density at radius 2 is 1.71 bits per heavy atom. The summed E-state index contributed by atoms with van der Waals surface area (Å²) in [6.45, 7) is 0. The molecule has 0 saturated carbocycles. The first-order chi connectivity index (χ1) is 13.5. The van der Waals surface area contributed by atoms with Crippen LogP contribution in [-0.4, -0.2) is 26.0 Å². The summed E-state index contributed by atoms with van der Waals surface area (Å²) in [5.74, 6) is 0.357. The smallest absolute Gasteiger partial charge is 0.265 e. The van der Waals surface area contributed by atoms with Gasteiger partial charge in [0, 0.05) is 16.2 Å². The zero-order chi connectivity index (χ0) is 20.1. The zero-order valence-electron chi connectivity index (χ0n) is 15.1. The first-order valence-electron chi connectivity index (χ1n) is 8.19. The van der Waals surface area contributed by atoms with E-state index in [9.17, 15) is 9.59 Å². The maximum atomic E-state index is 12.6. The average molecular weight is 461 g/mol. The number of thiophene rings is 1. The van der Waals surface area contributed by atoms with Crippen LogP contribution in [0.25, 0.3) is 0 Å². The number of methoxy groups -OCH3 is 2. The van der Waals surface area contributed by atoms with E-state index in [2.05, 4.69) is 26.6 Å². The molecule has 3 rings (SSSR count). The molecule has 3 aromatic rings. The Kier molecular flexibility index (Phi) is 6.33. The van der Waals surface area contributed by atoms with Crippen molar-refractivity contribution >= 4 is 50.5 Å². The van der Waals surface area contributed by atoms with Crippen molar-refractivity contribution < 1.29 is 19.1 Å². The Morgan fingerprint density at radius 3 is 2.39 bits per heavy atom. The number of anilines is 2. The van der Waals surface area contributed by atoms with Crippen LogP contribution in [0.2, 0.25) is 0 Å². The van der Waals surface area contributed by atoms with Crippen molar-refractivity contribution in [1.29, 1.82) is 0 Å². The highest BCUT2D eigenvalue weighted by Crippen LogP contribution is 2.30. The molecule has 0 bridgehead atoms. The van der Waals surface area contributed by atoms with Gasteiger partial charge in [-0.25, -0.2) is 0 Å². The van der Waals surface area contributed by atoms with Crippen LogP contribution in [0.4, 0.5) is 11.4 Å². The van der Waals surface area contributed by atoms with E-state index in [0.29, 0.717) is 33.3 Å². The largest absolute Gasteiger partial charge is 0.496 e. The minimum atomic E-state index is -0.324. The standard InChI is InChI=1S/C20H17BrN2O4S/c1-26-16-8-5-12(21)10-14(16)19(24)22-13-6-7-15(17(11-13)27-2)23-20(25)18-4-3-9-28-18/h3-11H,1-2H3,(H,22,24)(H,23,25). The molecule has 2 aromatic carbocycles. The minimum absolute atomic E-state index is 0.219. The fourth-order valence-electron chi connectivity index (χ4n) is 2.52. The third-order valence-electron chi connectivity index (χ3n) is 3.86. The molecule has 1 aromatic heterocycles. The molecule has 0 radical (unpaired) electrons. The molecule has 2 amide bonds. The quantitative estimate of drug-likeness (QED) is 0.540. The average Bonchev–Trinajstić information content (AvgIpc) is 3.24. The highest BCUT2D eigenvalue weighted by molar-refractivity contribution is 9.10. The van der Waals surface area contributed by atoms with Crippen molar-refractivity contribution in [2.45, 2.75) is 0 Å². The molecule has 6 nitrogen and oxygen atoms in total. The predicted molar refractivity (Wildman–Crippen MR) is 114 cm³/mol. The monoisotopic (exact) mass is 460 g/mol. The van der Waals surface area contributed by atoms with Crippen molar-refractivity contribution in [2.24, 2.45) is 0 Å². The van der Waals surface area contributed by atoms with Gasteiger partial charge in [-0.3, -0.25) is 9.59 Å². The lowest BCUT2D eigenvalue weighted by atomic mass is 10.1. The Balaban J connectivity index is 1.79. The summed E-state index contributed by atoms with van der Waals surface area (Å²) in [5, 5.41) is 7.46. The fourth-order valence-corrected chi connectivity index (χ4v) is 3.50. The molecule has 0 atom stereocenters. The van der Waals surface area contributed by atoms with Gasteiger partial charge in [-0.05, 0) is 41.8 Å². The second-order valence-corrected chi connectivity index (χ2v) is 7.51. The molecule has 28 heavy (non-hydrogen) atoms. The van der Waals surface area contributed by atoms with Gasteiger partial charge < -0.3 is 20.1 Å². The van der Waals surface area contributed by atoms with Crippen LogP contribution in [0.5, 0.6) is 11.5 Å². The van der Waals surface area contributed by atoms with E-state index in [0.717, 1.165) is 4.47 Å². The third-order valence-corrected chi connectivity index (χ3v) is 5.22. The number of nitrogens with one attached hydrogen (secondary N) is 2. The SMILES string of the molecule is COc1cc(NC(=O)c2cc(Br)ccc2OC)ccc1NC(=O)c1cccs1. The van der Waals surface area contributed by atoms with E-state index >= 15 is 0 Å². The summed E-state index contributed by atoms with van der Waals surface area (Å²) in [6.07, 6.45) is 0. The van der Waals surface area contributed by atoms with Crippen molar-refractivity contribution in [3.05, 3.63) is 68.8 Å². The molecule has 0 aliphatic heterocycles. The molecule has 0 saturated heterocycles. The van der Waals surface area contributed by atoms with Crippen LogP contribution in [0.3, 0.4) is 0 Å². The molecule has 0 aliphatic rings. The molecule has 1 heterocycles. The topological polar surface area (TPSA) is 76.7 Å². The normalized spacial score (nSPS) is 10.2. The first kappa shape index (κ1) is 19.9. The maximum Gasteiger partial charge on any atom is 0.265 e. The summed E-state index contributed by atoms with van der Waals surface area (Å²) in [7, 11) is 3.01. The van der Waals surface area contributed by atoms with Crippen molar-refractivity contribution in [1.82, 2.24) is 0 Å². The van der Waals surface area contributed by atoms with E-state index in [1.165, 1.54) is 25.6 Å². The number of ether oxygens (including phenoxy) is 2. The molecular weight excluding hydrogens is 444 g/mol. The van der Waals surface area contributed by atoms with Gasteiger partial charge in [0.05, 0.1) is 30.3 Å². The molecule has 144 valence electrons. The minimum Gasteiger partial charge on any atom is -0.496 e. The summed E-state index contributed by atoms with van der Waals surface area (Å²) >= 11 is 4.71. The van der Waals surface area contributed by atoms with E-state index < -0.39 is 0 Å². The Bertz CT molecular complexity index is 1010. The van der Waals surface area contributed by atoms with E-state index in [1.807, 2.05) is 11.4 Å². The Morgan fingerprint density at radius 1 is 0.929 bits per heavy atom.